The number of nitrogens with zero attached hydrogens (tertiary/aromatic N) is 2. The van der Waals surface area contributed by atoms with Crippen LogP contribution >= 0.6 is 0 Å². The quantitative estimate of drug-likeness (QED) is 0.530. The second kappa shape index (κ2) is 8.61. The molecular formula is C22H24N2O6. The Hall–Kier alpha value is -3.29. The first-order valence-corrected chi connectivity index (χ1v) is 9.73. The summed E-state index contributed by atoms with van der Waals surface area (Å²) in [4.78, 5) is 51.1. The molecule has 0 spiro atoms. The van der Waals surface area contributed by atoms with Crippen molar-refractivity contribution in [1.29, 1.82) is 0 Å². The molecule has 1 aromatic heterocycles. The van der Waals surface area contributed by atoms with Crippen LogP contribution in [-0.4, -0.2) is 41.3 Å². The average molecular weight is 412 g/mol. The fourth-order valence-electron chi connectivity index (χ4n) is 3.72. The van der Waals surface area contributed by atoms with Crippen molar-refractivity contribution in [2.45, 2.75) is 33.1 Å². The van der Waals surface area contributed by atoms with Gasteiger partial charge in [-0.25, -0.2) is 0 Å². The van der Waals surface area contributed by atoms with E-state index in [2.05, 4.69) is 5.10 Å². The van der Waals surface area contributed by atoms with Crippen molar-refractivity contribution in [2.24, 2.45) is 11.8 Å². The van der Waals surface area contributed by atoms with Gasteiger partial charge in [-0.05, 0) is 31.0 Å². The van der Waals surface area contributed by atoms with E-state index in [9.17, 15) is 19.2 Å². The number of hydrogen-bond donors (Lipinski definition) is 0. The van der Waals surface area contributed by atoms with Crippen LogP contribution in [0.3, 0.4) is 0 Å². The molecule has 0 bridgehead atoms. The molecule has 158 valence electrons. The van der Waals surface area contributed by atoms with Crippen LogP contribution in [0.25, 0.3) is 5.69 Å². The minimum Gasteiger partial charge on any atom is -0.493 e. The summed E-state index contributed by atoms with van der Waals surface area (Å²) in [5.41, 5.74) is -0.160. The van der Waals surface area contributed by atoms with Crippen LogP contribution in [0.4, 0.5) is 0 Å². The van der Waals surface area contributed by atoms with Crippen LogP contribution in [0.2, 0.25) is 0 Å². The molecule has 0 saturated heterocycles. The highest BCUT2D eigenvalue weighted by Gasteiger charge is 2.41. The molecule has 0 unspecified atom stereocenters. The Bertz CT molecular complexity index is 1050. The highest BCUT2D eigenvalue weighted by Crippen LogP contribution is 2.29. The Morgan fingerprint density at radius 2 is 1.70 bits per heavy atom. The lowest BCUT2D eigenvalue weighted by Crippen LogP contribution is -2.41. The summed E-state index contributed by atoms with van der Waals surface area (Å²) in [7, 11) is 2.96. The van der Waals surface area contributed by atoms with Crippen LogP contribution in [0.5, 0.6) is 11.5 Å². The number of aryl methyl sites for hydroxylation is 1. The molecule has 3 rings (SSSR count). The molecule has 0 atom stereocenters. The number of ether oxygens (including phenoxy) is 2. The van der Waals surface area contributed by atoms with E-state index in [0.29, 0.717) is 29.3 Å². The van der Waals surface area contributed by atoms with Gasteiger partial charge in [0.25, 0.3) is 5.56 Å². The van der Waals surface area contributed by atoms with Gasteiger partial charge in [-0.1, -0.05) is 13.3 Å². The molecule has 1 aromatic carbocycles. The number of ketones is 3. The van der Waals surface area contributed by atoms with Gasteiger partial charge in [0.2, 0.25) is 0 Å². The first-order valence-electron chi connectivity index (χ1n) is 9.73. The zero-order chi connectivity index (χ0) is 22.0. The maximum absolute atomic E-state index is 13.1. The van der Waals surface area contributed by atoms with E-state index in [1.54, 1.807) is 25.1 Å². The third-order valence-corrected chi connectivity index (χ3v) is 5.37. The van der Waals surface area contributed by atoms with Gasteiger partial charge in [0.15, 0.2) is 28.8 Å². The molecule has 8 nitrogen and oxygen atoms in total. The van der Waals surface area contributed by atoms with Crippen molar-refractivity contribution in [1.82, 2.24) is 9.78 Å². The van der Waals surface area contributed by atoms with Crippen molar-refractivity contribution >= 4 is 17.3 Å². The van der Waals surface area contributed by atoms with E-state index >= 15 is 0 Å². The van der Waals surface area contributed by atoms with E-state index in [1.165, 1.54) is 20.3 Å². The molecule has 1 aliphatic carbocycles. The van der Waals surface area contributed by atoms with Crippen LogP contribution in [0, 0.1) is 18.8 Å². The van der Waals surface area contributed by atoms with Crippen LogP contribution < -0.4 is 15.0 Å². The second-order valence-corrected chi connectivity index (χ2v) is 7.37. The Morgan fingerprint density at radius 3 is 2.27 bits per heavy atom. The Morgan fingerprint density at radius 1 is 1.07 bits per heavy atom. The molecular weight excluding hydrogens is 388 g/mol. The number of carbonyl (C=O) groups is 3. The summed E-state index contributed by atoms with van der Waals surface area (Å²) in [6.07, 6.45) is 1.04. The topological polar surface area (TPSA) is 105 Å². The Labute approximate surface area is 173 Å². The predicted molar refractivity (Wildman–Crippen MR) is 109 cm³/mol. The number of benzene rings is 1. The van der Waals surface area contributed by atoms with Crippen molar-refractivity contribution in [3.05, 3.63) is 45.9 Å². The summed E-state index contributed by atoms with van der Waals surface area (Å²) in [6, 6.07) is 6.11. The third-order valence-electron chi connectivity index (χ3n) is 5.37. The molecule has 30 heavy (non-hydrogen) atoms. The van der Waals surface area contributed by atoms with Crippen molar-refractivity contribution in [3.63, 3.8) is 0 Å². The number of carbonyl (C=O) groups excluding carboxylic acids is 3. The van der Waals surface area contributed by atoms with Crippen LogP contribution in [-0.2, 0) is 9.59 Å². The summed E-state index contributed by atoms with van der Waals surface area (Å²) >= 11 is 0. The lowest BCUT2D eigenvalue weighted by atomic mass is 9.76. The molecule has 0 radical (unpaired) electrons. The molecule has 1 heterocycles. The summed E-state index contributed by atoms with van der Waals surface area (Å²) in [5, 5.41) is 4.21. The Balaban J connectivity index is 2.05. The fraction of sp³-hybridized carbons (Fsp3) is 0.409. The number of Topliss-reactive ketones (excluding diaryl/α,β-unsaturated/α-hetero) is 3. The average Bonchev–Trinajstić information content (AvgIpc) is 2.73. The van der Waals surface area contributed by atoms with E-state index in [4.69, 9.17) is 9.47 Å². The molecule has 2 aromatic rings. The third kappa shape index (κ3) is 3.90. The highest BCUT2D eigenvalue weighted by molar-refractivity contribution is 6.25. The fourth-order valence-corrected chi connectivity index (χ4v) is 3.72. The van der Waals surface area contributed by atoms with Gasteiger partial charge in [0.05, 0.1) is 31.2 Å². The first kappa shape index (κ1) is 21.4. The van der Waals surface area contributed by atoms with E-state index < -0.39 is 28.8 Å². The van der Waals surface area contributed by atoms with Crippen LogP contribution in [0.1, 0.15) is 42.2 Å². The first-order chi connectivity index (χ1) is 14.3. The summed E-state index contributed by atoms with van der Waals surface area (Å²) in [5.74, 6) is -2.20. The predicted octanol–water partition coefficient (Wildman–Crippen LogP) is 2.32. The zero-order valence-corrected chi connectivity index (χ0v) is 17.4. The summed E-state index contributed by atoms with van der Waals surface area (Å²) in [6.45, 7) is 3.53. The maximum atomic E-state index is 13.1. The van der Waals surface area contributed by atoms with Gasteiger partial charge < -0.3 is 9.47 Å². The molecule has 0 N–H and O–H groups in total. The Kier molecular flexibility index (Phi) is 6.14. The van der Waals surface area contributed by atoms with E-state index in [1.807, 2.05) is 6.92 Å². The van der Waals surface area contributed by atoms with Crippen molar-refractivity contribution in [2.75, 3.05) is 14.2 Å². The van der Waals surface area contributed by atoms with Gasteiger partial charge in [-0.3, -0.25) is 19.2 Å². The number of hydrogen-bond acceptors (Lipinski definition) is 7. The SMILES string of the molecule is CCC1CC(=O)C(C(=O)c2cc(C)nn(-c3ccc(OC)c(OC)c3)c2=O)C(=O)C1. The standard InChI is InChI=1S/C22H24N2O6/c1-5-13-9-16(25)20(17(26)10-13)21(27)15-8-12(2)23-24(22(15)28)14-6-7-18(29-3)19(11-14)30-4/h6-8,11,13,20H,5,9-10H2,1-4H3. The molecule has 1 aliphatic rings. The largest absolute Gasteiger partial charge is 0.493 e. The van der Waals surface area contributed by atoms with Crippen molar-refractivity contribution < 1.29 is 23.9 Å². The second-order valence-electron chi connectivity index (χ2n) is 7.37. The van der Waals surface area contributed by atoms with Crippen molar-refractivity contribution in [3.8, 4) is 17.2 Å². The van der Waals surface area contributed by atoms with Gasteiger partial charge in [-0.15, -0.1) is 0 Å². The van der Waals surface area contributed by atoms with Gasteiger partial charge in [0.1, 0.15) is 5.92 Å². The molecule has 0 amide bonds. The van der Waals surface area contributed by atoms with Gasteiger partial charge in [0, 0.05) is 18.9 Å². The minimum atomic E-state index is -1.42. The lowest BCUT2D eigenvalue weighted by molar-refractivity contribution is -0.135. The number of aromatic nitrogens is 2. The van der Waals surface area contributed by atoms with Gasteiger partial charge in [-0.2, -0.15) is 9.78 Å². The lowest BCUT2D eigenvalue weighted by Gasteiger charge is -2.24. The normalized spacial score (nSPS) is 18.9. The summed E-state index contributed by atoms with van der Waals surface area (Å²) < 4.78 is 11.5. The minimum absolute atomic E-state index is 0.0448. The highest BCUT2D eigenvalue weighted by atomic mass is 16.5. The molecule has 1 saturated carbocycles. The molecule has 8 heteroatoms. The van der Waals surface area contributed by atoms with E-state index in [-0.39, 0.29) is 24.3 Å². The maximum Gasteiger partial charge on any atom is 0.282 e. The number of rotatable bonds is 6. The number of methoxy groups -OCH3 is 2. The van der Waals surface area contributed by atoms with Crippen LogP contribution in [0.15, 0.2) is 29.1 Å². The molecule has 0 aliphatic heterocycles. The molecule has 1 fully saturated rings. The zero-order valence-electron chi connectivity index (χ0n) is 17.4. The van der Waals surface area contributed by atoms with Gasteiger partial charge >= 0.3 is 0 Å². The van der Waals surface area contributed by atoms with E-state index in [0.717, 1.165) is 4.68 Å². The smallest absolute Gasteiger partial charge is 0.282 e. The monoisotopic (exact) mass is 412 g/mol.